The highest BCUT2D eigenvalue weighted by molar-refractivity contribution is 5.75. The molecule has 0 aliphatic heterocycles. The third kappa shape index (κ3) is 1.72. The van der Waals surface area contributed by atoms with Crippen molar-refractivity contribution in [2.24, 2.45) is 0 Å². The fraction of sp³-hybridized carbons (Fsp3) is 0.364. The van der Waals surface area contributed by atoms with E-state index in [9.17, 15) is 0 Å². The molecule has 1 N–H and O–H groups in total. The molecule has 2 heteroatoms. The van der Waals surface area contributed by atoms with Crippen LogP contribution in [0.2, 0.25) is 0 Å². The molecule has 0 unspecified atom stereocenters. The van der Waals surface area contributed by atoms with Crippen LogP contribution in [0.15, 0.2) is 24.4 Å². The molecular formula is C11H14N2. The van der Waals surface area contributed by atoms with Gasteiger partial charge in [0.05, 0.1) is 0 Å². The first-order valence-corrected chi connectivity index (χ1v) is 4.83. The van der Waals surface area contributed by atoms with E-state index >= 15 is 0 Å². The Morgan fingerprint density at radius 1 is 1.31 bits per heavy atom. The second-order valence-electron chi connectivity index (χ2n) is 3.32. The van der Waals surface area contributed by atoms with Gasteiger partial charge in [-0.15, -0.1) is 0 Å². The highest BCUT2D eigenvalue weighted by Crippen LogP contribution is 2.11. The summed E-state index contributed by atoms with van der Waals surface area (Å²) in [5, 5.41) is 1.19. The highest BCUT2D eigenvalue weighted by atomic mass is 14.8. The third-order valence-corrected chi connectivity index (χ3v) is 2.25. The summed E-state index contributed by atoms with van der Waals surface area (Å²) in [4.78, 5) is 7.64. The number of aromatic amines is 1. The summed E-state index contributed by atoms with van der Waals surface area (Å²) < 4.78 is 0. The molecule has 0 amide bonds. The van der Waals surface area contributed by atoms with Crippen molar-refractivity contribution in [2.75, 3.05) is 0 Å². The molecule has 0 aromatic carbocycles. The molecule has 0 aliphatic carbocycles. The maximum Gasteiger partial charge on any atom is 0.137 e. The van der Waals surface area contributed by atoms with E-state index < -0.39 is 0 Å². The maximum atomic E-state index is 4.52. The number of hydrogen-bond acceptors (Lipinski definition) is 1. The van der Waals surface area contributed by atoms with Gasteiger partial charge in [-0.25, -0.2) is 4.98 Å². The van der Waals surface area contributed by atoms with Crippen LogP contribution in [0.1, 0.15) is 25.5 Å². The van der Waals surface area contributed by atoms with E-state index in [1.165, 1.54) is 23.9 Å². The topological polar surface area (TPSA) is 28.7 Å². The molecule has 2 aromatic rings. The molecule has 0 saturated heterocycles. The van der Waals surface area contributed by atoms with Gasteiger partial charge < -0.3 is 4.98 Å². The largest absolute Gasteiger partial charge is 0.346 e. The van der Waals surface area contributed by atoms with E-state index in [0.29, 0.717) is 0 Å². The Bertz CT molecular complexity index is 390. The minimum atomic E-state index is 1.01. The number of aromatic nitrogens is 2. The highest BCUT2D eigenvalue weighted by Gasteiger charge is 1.97. The molecule has 0 atom stereocenters. The monoisotopic (exact) mass is 174 g/mol. The predicted molar refractivity (Wildman–Crippen MR) is 54.7 cm³/mol. The Hall–Kier alpha value is -1.31. The second-order valence-corrected chi connectivity index (χ2v) is 3.32. The number of fused-ring (bicyclic) bond motifs is 1. The molecule has 0 radical (unpaired) electrons. The van der Waals surface area contributed by atoms with Crippen molar-refractivity contribution < 1.29 is 0 Å². The van der Waals surface area contributed by atoms with Gasteiger partial charge in [0.25, 0.3) is 0 Å². The van der Waals surface area contributed by atoms with Crippen LogP contribution in [0.3, 0.4) is 0 Å². The van der Waals surface area contributed by atoms with Crippen molar-refractivity contribution in [3.63, 3.8) is 0 Å². The Kier molecular flexibility index (Phi) is 2.30. The molecule has 2 aromatic heterocycles. The molecule has 2 nitrogen and oxygen atoms in total. The zero-order valence-corrected chi connectivity index (χ0v) is 7.88. The molecule has 68 valence electrons. The first-order valence-electron chi connectivity index (χ1n) is 4.83. The first-order chi connectivity index (χ1) is 6.40. The third-order valence-electron chi connectivity index (χ3n) is 2.25. The second kappa shape index (κ2) is 3.60. The van der Waals surface area contributed by atoms with Crippen molar-refractivity contribution in [1.82, 2.24) is 9.97 Å². The minimum Gasteiger partial charge on any atom is -0.346 e. The zero-order chi connectivity index (χ0) is 9.10. The van der Waals surface area contributed by atoms with Crippen LogP contribution in [0.5, 0.6) is 0 Å². The molecule has 0 saturated carbocycles. The van der Waals surface area contributed by atoms with Crippen LogP contribution in [0.25, 0.3) is 11.0 Å². The Balaban J connectivity index is 2.26. The van der Waals surface area contributed by atoms with E-state index in [2.05, 4.69) is 29.0 Å². The lowest BCUT2D eigenvalue weighted by molar-refractivity contribution is 0.779. The van der Waals surface area contributed by atoms with Gasteiger partial charge in [0.1, 0.15) is 5.65 Å². The molecular weight excluding hydrogens is 160 g/mol. The molecule has 0 spiro atoms. The summed E-state index contributed by atoms with van der Waals surface area (Å²) in [6.45, 7) is 2.20. The van der Waals surface area contributed by atoms with Gasteiger partial charge in [-0.1, -0.05) is 13.3 Å². The molecule has 0 bridgehead atoms. The zero-order valence-electron chi connectivity index (χ0n) is 7.88. The average Bonchev–Trinajstić information content (AvgIpc) is 2.61. The van der Waals surface area contributed by atoms with Gasteiger partial charge in [-0.3, -0.25) is 0 Å². The van der Waals surface area contributed by atoms with E-state index in [-0.39, 0.29) is 0 Å². The summed E-state index contributed by atoms with van der Waals surface area (Å²) >= 11 is 0. The van der Waals surface area contributed by atoms with Gasteiger partial charge in [0, 0.05) is 17.3 Å². The number of nitrogens with one attached hydrogen (secondary N) is 1. The van der Waals surface area contributed by atoms with Crippen LogP contribution < -0.4 is 0 Å². The quantitative estimate of drug-likeness (QED) is 0.761. The normalized spacial score (nSPS) is 10.8. The lowest BCUT2D eigenvalue weighted by Gasteiger charge is -1.98. The maximum absolute atomic E-state index is 4.52. The lowest BCUT2D eigenvalue weighted by Crippen LogP contribution is -1.89. The molecule has 0 aliphatic rings. The summed E-state index contributed by atoms with van der Waals surface area (Å²) in [6, 6.07) is 6.29. The number of H-pyrrole nitrogens is 1. The summed E-state index contributed by atoms with van der Waals surface area (Å²) in [6.07, 6.45) is 5.47. The van der Waals surface area contributed by atoms with Gasteiger partial charge >= 0.3 is 0 Å². The Labute approximate surface area is 78.0 Å². The number of rotatable bonds is 3. The average molecular weight is 174 g/mol. The van der Waals surface area contributed by atoms with E-state index in [0.717, 1.165) is 12.1 Å². The van der Waals surface area contributed by atoms with Crippen LogP contribution in [0, 0.1) is 0 Å². The predicted octanol–water partition coefficient (Wildman–Crippen LogP) is 2.91. The number of nitrogens with zero attached hydrogens (tertiary/aromatic N) is 1. The standard InChI is InChI=1S/C11H14N2/c1-2-3-4-10-6-5-9-7-8-12-11(9)13-10/h5-8H,2-4H2,1H3,(H,12,13). The van der Waals surface area contributed by atoms with Gasteiger partial charge in [-0.05, 0) is 31.0 Å². The SMILES string of the molecule is CCCCc1ccc2cc[nH]c2n1. The lowest BCUT2D eigenvalue weighted by atomic mass is 10.2. The van der Waals surface area contributed by atoms with Crippen molar-refractivity contribution in [3.05, 3.63) is 30.1 Å². The molecule has 13 heavy (non-hydrogen) atoms. The summed E-state index contributed by atoms with van der Waals surface area (Å²) in [5.41, 5.74) is 2.20. The van der Waals surface area contributed by atoms with Crippen LogP contribution in [-0.2, 0) is 6.42 Å². The number of pyridine rings is 1. The van der Waals surface area contributed by atoms with Gasteiger partial charge in [-0.2, -0.15) is 0 Å². The van der Waals surface area contributed by atoms with Crippen molar-refractivity contribution >= 4 is 11.0 Å². The fourth-order valence-corrected chi connectivity index (χ4v) is 1.47. The Morgan fingerprint density at radius 2 is 2.23 bits per heavy atom. The molecule has 2 rings (SSSR count). The minimum absolute atomic E-state index is 1.01. The Morgan fingerprint density at radius 3 is 3.08 bits per heavy atom. The summed E-state index contributed by atoms with van der Waals surface area (Å²) in [7, 11) is 0. The van der Waals surface area contributed by atoms with Crippen LogP contribution in [-0.4, -0.2) is 9.97 Å². The first kappa shape index (κ1) is 8.30. The molecule has 2 heterocycles. The number of aryl methyl sites for hydroxylation is 1. The van der Waals surface area contributed by atoms with Crippen LogP contribution in [0.4, 0.5) is 0 Å². The van der Waals surface area contributed by atoms with Crippen molar-refractivity contribution in [1.29, 1.82) is 0 Å². The number of unbranched alkanes of at least 4 members (excludes halogenated alkanes) is 1. The fourth-order valence-electron chi connectivity index (χ4n) is 1.47. The number of hydrogen-bond donors (Lipinski definition) is 1. The smallest absolute Gasteiger partial charge is 0.137 e. The van der Waals surface area contributed by atoms with Crippen molar-refractivity contribution in [2.45, 2.75) is 26.2 Å². The van der Waals surface area contributed by atoms with Gasteiger partial charge in [0.2, 0.25) is 0 Å². The summed E-state index contributed by atoms with van der Waals surface area (Å²) in [5.74, 6) is 0. The van der Waals surface area contributed by atoms with E-state index in [1.54, 1.807) is 0 Å². The van der Waals surface area contributed by atoms with Crippen molar-refractivity contribution in [3.8, 4) is 0 Å². The van der Waals surface area contributed by atoms with E-state index in [4.69, 9.17) is 0 Å². The van der Waals surface area contributed by atoms with Crippen LogP contribution >= 0.6 is 0 Å². The van der Waals surface area contributed by atoms with E-state index in [1.807, 2.05) is 12.3 Å². The van der Waals surface area contributed by atoms with Gasteiger partial charge in [0.15, 0.2) is 0 Å². The molecule has 0 fully saturated rings.